The van der Waals surface area contributed by atoms with E-state index >= 15 is 0 Å². The largest absolute Gasteiger partial charge is 0.476 e. The molecule has 6 rings (SSSR count). The number of aromatic carboxylic acids is 1. The van der Waals surface area contributed by atoms with E-state index in [1.54, 1.807) is 48.5 Å². The molecule has 2 heterocycles. The van der Waals surface area contributed by atoms with Gasteiger partial charge in [-0.3, -0.25) is 4.79 Å². The number of nitrogen functional groups attached to an aromatic ring is 3. The highest BCUT2D eigenvalue weighted by atomic mass is 16.5. The fraction of sp³-hybridized carbons (Fsp3) is 0.100. The van der Waals surface area contributed by atoms with Crippen LogP contribution in [0, 0.1) is 13.8 Å². The minimum absolute atomic E-state index is 0.0325. The molecule has 4 aromatic carbocycles. The van der Waals surface area contributed by atoms with Crippen LogP contribution < -0.4 is 22.5 Å². The van der Waals surface area contributed by atoms with E-state index in [1.807, 2.05) is 62.4 Å². The predicted molar refractivity (Wildman–Crippen MR) is 208 cm³/mol. The van der Waals surface area contributed by atoms with Crippen LogP contribution in [0.1, 0.15) is 52.8 Å². The van der Waals surface area contributed by atoms with Crippen LogP contribution in [0.2, 0.25) is 0 Å². The molecular weight excluding hydrogens is 704 g/mol. The highest BCUT2D eigenvalue weighted by molar-refractivity contribution is 6.06. The summed E-state index contributed by atoms with van der Waals surface area (Å²) in [5, 5.41) is 11.6. The van der Waals surface area contributed by atoms with Gasteiger partial charge < -0.3 is 37.1 Å². The number of carbonyl (C=O) groups excluding carboxylic acids is 3. The van der Waals surface area contributed by atoms with Gasteiger partial charge in [0.1, 0.15) is 0 Å². The summed E-state index contributed by atoms with van der Waals surface area (Å²) in [4.78, 5) is 62.0. The number of carbonyl (C=O) groups is 4. The number of carboxylic acids is 1. The molecule has 2 aromatic heterocycles. The van der Waals surface area contributed by atoms with E-state index in [1.165, 1.54) is 26.6 Å². The summed E-state index contributed by atoms with van der Waals surface area (Å²) in [6.07, 6.45) is 2.99. The maximum Gasteiger partial charge on any atom is 0.358 e. The Morgan fingerprint density at radius 2 is 0.982 bits per heavy atom. The molecule has 0 radical (unpaired) electrons. The van der Waals surface area contributed by atoms with Gasteiger partial charge in [-0.15, -0.1) is 0 Å². The van der Waals surface area contributed by atoms with Crippen LogP contribution in [0.25, 0.3) is 22.5 Å². The van der Waals surface area contributed by atoms with Crippen molar-refractivity contribution in [2.75, 3.05) is 36.7 Å². The van der Waals surface area contributed by atoms with Gasteiger partial charge in [-0.2, -0.15) is 0 Å². The highest BCUT2D eigenvalue weighted by Gasteiger charge is 2.16. The van der Waals surface area contributed by atoms with E-state index in [9.17, 15) is 19.2 Å². The van der Waals surface area contributed by atoms with E-state index in [2.05, 4.69) is 34.7 Å². The van der Waals surface area contributed by atoms with Crippen molar-refractivity contribution in [2.45, 2.75) is 13.8 Å². The van der Waals surface area contributed by atoms with Crippen LogP contribution in [0.4, 0.5) is 23.0 Å². The number of hydrogen-bond donors (Lipinski definition) is 5. The highest BCUT2D eigenvalue weighted by Crippen LogP contribution is 2.21. The Morgan fingerprint density at radius 1 is 0.582 bits per heavy atom. The van der Waals surface area contributed by atoms with Crippen molar-refractivity contribution in [1.82, 2.24) is 19.9 Å². The molecule has 0 aliphatic heterocycles. The topological polar surface area (TPSA) is 249 Å². The molecule has 0 bridgehead atoms. The van der Waals surface area contributed by atoms with Crippen LogP contribution in [-0.2, 0) is 9.47 Å². The summed E-state index contributed by atoms with van der Waals surface area (Å²) in [6.45, 7) is 3.96. The Kier molecular flexibility index (Phi) is 13.6. The van der Waals surface area contributed by atoms with E-state index in [0.29, 0.717) is 33.9 Å². The molecule has 15 heteroatoms. The molecule has 0 spiro atoms. The Bertz CT molecular complexity index is 2280. The van der Waals surface area contributed by atoms with Crippen molar-refractivity contribution in [3.63, 3.8) is 0 Å². The quantitative estimate of drug-likeness (QED) is 0.0949. The van der Waals surface area contributed by atoms with Crippen molar-refractivity contribution in [3.05, 3.63) is 143 Å². The number of amides is 1. The fourth-order valence-corrected chi connectivity index (χ4v) is 4.58. The number of ether oxygens (including phenoxy) is 2. The molecule has 0 aliphatic carbocycles. The van der Waals surface area contributed by atoms with Gasteiger partial charge in [0.15, 0.2) is 23.0 Å². The molecule has 0 fully saturated rings. The van der Waals surface area contributed by atoms with Gasteiger partial charge in [-0.05, 0) is 62.4 Å². The summed E-state index contributed by atoms with van der Waals surface area (Å²) in [5.74, 6) is -2.49. The van der Waals surface area contributed by atoms with Gasteiger partial charge >= 0.3 is 17.9 Å². The van der Waals surface area contributed by atoms with Crippen LogP contribution in [-0.4, -0.2) is 63.1 Å². The summed E-state index contributed by atoms with van der Waals surface area (Å²) >= 11 is 0. The van der Waals surface area contributed by atoms with Gasteiger partial charge in [0.2, 0.25) is 0 Å². The average Bonchev–Trinajstić information content (AvgIpc) is 3.19. The minimum Gasteiger partial charge on any atom is -0.476 e. The van der Waals surface area contributed by atoms with Gasteiger partial charge in [-0.1, -0.05) is 59.7 Å². The van der Waals surface area contributed by atoms with Gasteiger partial charge in [0.05, 0.1) is 49.1 Å². The van der Waals surface area contributed by atoms with E-state index in [0.717, 1.165) is 22.3 Å². The number of nitrogens with two attached hydrogens (primary N) is 3. The molecule has 15 nitrogen and oxygen atoms in total. The van der Waals surface area contributed by atoms with Crippen molar-refractivity contribution < 1.29 is 33.8 Å². The lowest BCUT2D eigenvalue weighted by molar-refractivity contribution is 0.0592. The first kappa shape index (κ1) is 40.1. The van der Waals surface area contributed by atoms with Crippen LogP contribution >= 0.6 is 0 Å². The maximum atomic E-state index is 12.6. The summed E-state index contributed by atoms with van der Waals surface area (Å²) in [5.41, 5.74) is 23.5. The van der Waals surface area contributed by atoms with Crippen LogP contribution in [0.15, 0.2) is 109 Å². The number of anilines is 4. The van der Waals surface area contributed by atoms with Gasteiger partial charge in [-0.25, -0.2) is 34.3 Å². The lowest BCUT2D eigenvalue weighted by atomic mass is 10.1. The zero-order valence-electron chi connectivity index (χ0n) is 30.3. The van der Waals surface area contributed by atoms with Gasteiger partial charge in [0, 0.05) is 22.5 Å². The number of nitrogens with one attached hydrogen (secondary N) is 1. The minimum atomic E-state index is -1.18. The molecule has 0 saturated carbocycles. The molecular formula is C40H38N8O7. The summed E-state index contributed by atoms with van der Waals surface area (Å²) in [6, 6.07) is 28.2. The van der Waals surface area contributed by atoms with E-state index in [4.69, 9.17) is 22.3 Å². The van der Waals surface area contributed by atoms with Crippen molar-refractivity contribution in [1.29, 1.82) is 0 Å². The third kappa shape index (κ3) is 11.2. The predicted octanol–water partition coefficient (Wildman–Crippen LogP) is 5.86. The molecule has 0 atom stereocenters. The number of benzene rings is 4. The number of nitrogens with zero attached hydrogens (tertiary/aromatic N) is 4. The lowest BCUT2D eigenvalue weighted by Gasteiger charge is -2.09. The Labute approximate surface area is 316 Å². The fourth-order valence-electron chi connectivity index (χ4n) is 4.58. The lowest BCUT2D eigenvalue weighted by Crippen LogP contribution is -2.17. The molecule has 6 aromatic rings. The van der Waals surface area contributed by atoms with Crippen molar-refractivity contribution in [3.8, 4) is 22.5 Å². The Balaban J connectivity index is 0.000000204. The summed E-state index contributed by atoms with van der Waals surface area (Å²) < 4.78 is 9.14. The first-order valence-electron chi connectivity index (χ1n) is 16.4. The molecule has 0 unspecified atom stereocenters. The van der Waals surface area contributed by atoms with Crippen molar-refractivity contribution in [2.24, 2.45) is 0 Å². The zero-order valence-corrected chi connectivity index (χ0v) is 30.3. The average molecular weight is 743 g/mol. The number of rotatable bonds is 7. The third-order valence-corrected chi connectivity index (χ3v) is 7.61. The first-order chi connectivity index (χ1) is 26.3. The number of carboxylic acid groups (broad SMARTS) is 1. The number of aryl methyl sites for hydroxylation is 2. The number of aromatic nitrogens is 4. The monoisotopic (exact) mass is 742 g/mol. The van der Waals surface area contributed by atoms with Crippen LogP contribution in [0.5, 0.6) is 0 Å². The van der Waals surface area contributed by atoms with E-state index in [-0.39, 0.29) is 29.0 Å². The van der Waals surface area contributed by atoms with Crippen molar-refractivity contribution >= 4 is 46.8 Å². The third-order valence-electron chi connectivity index (χ3n) is 7.61. The standard InChI is InChI=1S/C20H18N4O3.C12H11N3O2.C8H9NO2/c1-12-3-5-13(6-4-12)16-11-22-18(21)17(24-16)19(25)23-15-9-7-14(8-10-15)20(26)27-2;1-7-2-4-8(5-3-7)9-6-14-11(13)10(15-9)12(16)17;1-11-8(10)6-2-4-7(9)5-3-6/h3-11H,1-2H3,(H2,21,22)(H,23,25);2-6H,1H3,(H2,13,14)(H,16,17);2-5H,9H2,1H3. The second-order valence-electron chi connectivity index (χ2n) is 11.7. The summed E-state index contributed by atoms with van der Waals surface area (Å²) in [7, 11) is 2.65. The molecule has 0 saturated heterocycles. The van der Waals surface area contributed by atoms with Crippen LogP contribution in [0.3, 0.4) is 0 Å². The molecule has 8 N–H and O–H groups in total. The maximum absolute atomic E-state index is 12.6. The second-order valence-corrected chi connectivity index (χ2v) is 11.7. The molecule has 55 heavy (non-hydrogen) atoms. The zero-order chi connectivity index (χ0) is 40.1. The Hall–Kier alpha value is -7.68. The first-order valence-corrected chi connectivity index (χ1v) is 16.4. The number of hydrogen-bond acceptors (Lipinski definition) is 13. The number of esters is 2. The normalized spacial score (nSPS) is 10.0. The number of methoxy groups -OCH3 is 2. The Morgan fingerprint density at radius 3 is 1.40 bits per heavy atom. The van der Waals surface area contributed by atoms with E-state index < -0.39 is 17.8 Å². The SMILES string of the molecule is COC(=O)c1ccc(N)cc1.COC(=O)c1ccc(NC(=O)c2nc(-c3ccc(C)cc3)cnc2N)cc1.Cc1ccc(-c2cnc(N)c(C(=O)O)n2)cc1. The van der Waals surface area contributed by atoms with Gasteiger partial charge in [0.25, 0.3) is 5.91 Å². The molecule has 1 amide bonds. The second kappa shape index (κ2) is 18.7. The molecule has 0 aliphatic rings. The smallest absolute Gasteiger partial charge is 0.358 e. The molecule has 280 valence electrons.